The number of hydrogen-bond donors (Lipinski definition) is 2. The van der Waals surface area contributed by atoms with Crippen molar-refractivity contribution in [3.8, 4) is 28.3 Å². The third-order valence-electron chi connectivity index (χ3n) is 9.74. The minimum absolute atomic E-state index is 0.0908. The maximum absolute atomic E-state index is 14.0. The summed E-state index contributed by atoms with van der Waals surface area (Å²) in [6.07, 6.45) is 12.7. The second-order valence-electron chi connectivity index (χ2n) is 15.2. The topological polar surface area (TPSA) is 120 Å². The molecule has 1 aliphatic rings. The summed E-state index contributed by atoms with van der Waals surface area (Å²) in [7, 11) is 0. The van der Waals surface area contributed by atoms with Gasteiger partial charge in [0.05, 0.1) is 30.2 Å². The zero-order valence-electron chi connectivity index (χ0n) is 32.5. The number of nitrogens with one attached hydrogen (secondary N) is 2. The van der Waals surface area contributed by atoms with Crippen LogP contribution < -0.4 is 15.4 Å². The Balaban J connectivity index is 1.23. The fraction of sp³-hybridized carbons (Fsp3) is 0.477. The van der Waals surface area contributed by atoms with E-state index in [0.29, 0.717) is 36.6 Å². The Morgan fingerprint density at radius 1 is 0.796 bits per heavy atom. The summed E-state index contributed by atoms with van der Waals surface area (Å²) in [6, 6.07) is 17.7. The van der Waals surface area contributed by atoms with Crippen LogP contribution in [0.5, 0.6) is 5.75 Å². The predicted molar refractivity (Wildman–Crippen MR) is 216 cm³/mol. The van der Waals surface area contributed by atoms with Gasteiger partial charge in [0.25, 0.3) is 5.91 Å². The lowest BCUT2D eigenvalue weighted by Gasteiger charge is -2.22. The van der Waals surface area contributed by atoms with Gasteiger partial charge in [-0.25, -0.2) is 9.97 Å². The first-order valence-electron chi connectivity index (χ1n) is 19.6. The van der Waals surface area contributed by atoms with Crippen molar-refractivity contribution in [1.82, 2.24) is 20.6 Å². The van der Waals surface area contributed by atoms with Gasteiger partial charge in [-0.1, -0.05) is 103 Å². The Hall–Kier alpha value is -4.41. The predicted octanol–water partition coefficient (Wildman–Crippen LogP) is 8.89. The fourth-order valence-electron chi connectivity index (χ4n) is 6.42. The quantitative estimate of drug-likeness (QED) is 0.0720. The van der Waals surface area contributed by atoms with Crippen LogP contribution in [0.2, 0.25) is 0 Å². The van der Waals surface area contributed by atoms with Gasteiger partial charge >= 0.3 is 5.97 Å². The number of ketones is 1. The molecule has 2 aromatic heterocycles. The number of aromatic nitrogens is 2. The molecule has 288 valence electrons. The normalized spacial score (nSPS) is 16.2. The Morgan fingerprint density at radius 3 is 2.13 bits per heavy atom. The molecule has 0 bridgehead atoms. The summed E-state index contributed by atoms with van der Waals surface area (Å²) < 4.78 is 11.3. The summed E-state index contributed by atoms with van der Waals surface area (Å²) in [4.78, 5) is 51.1. The van der Waals surface area contributed by atoms with Gasteiger partial charge in [0.2, 0.25) is 0 Å². The molecule has 3 heterocycles. The van der Waals surface area contributed by atoms with Crippen molar-refractivity contribution in [3.63, 3.8) is 0 Å². The van der Waals surface area contributed by atoms with E-state index >= 15 is 0 Å². The summed E-state index contributed by atoms with van der Waals surface area (Å²) in [5.74, 6) is 0.693. The minimum Gasteiger partial charge on any atom is -0.494 e. The van der Waals surface area contributed by atoms with E-state index in [0.717, 1.165) is 58.7 Å². The Morgan fingerprint density at radius 2 is 1.46 bits per heavy atom. The lowest BCUT2D eigenvalue weighted by molar-refractivity contribution is -0.145. The smallest absolute Gasteiger partial charge is 0.323 e. The van der Waals surface area contributed by atoms with E-state index in [-0.39, 0.29) is 23.1 Å². The first-order chi connectivity index (χ1) is 26.0. The van der Waals surface area contributed by atoms with Gasteiger partial charge in [-0.15, -0.1) is 11.3 Å². The zero-order chi connectivity index (χ0) is 38.5. The summed E-state index contributed by atoms with van der Waals surface area (Å²) in [5.41, 5.74) is 3.56. The van der Waals surface area contributed by atoms with E-state index < -0.39 is 18.1 Å². The van der Waals surface area contributed by atoms with E-state index in [4.69, 9.17) is 9.47 Å². The van der Waals surface area contributed by atoms with Crippen molar-refractivity contribution in [2.45, 2.75) is 122 Å². The van der Waals surface area contributed by atoms with Gasteiger partial charge in [0.1, 0.15) is 11.8 Å². The molecule has 0 aliphatic carbocycles. The number of thiophene rings is 1. The van der Waals surface area contributed by atoms with E-state index in [9.17, 15) is 14.4 Å². The molecule has 1 fully saturated rings. The lowest BCUT2D eigenvalue weighted by Crippen LogP contribution is -2.50. The average molecular weight is 753 g/mol. The summed E-state index contributed by atoms with van der Waals surface area (Å²) >= 11 is 1.44. The number of carbonyl (C=O) groups is 3. The molecular formula is C44H56N4O5S. The number of carbonyl (C=O) groups excluding carboxylic acids is 3. The number of esters is 1. The Bertz CT molecular complexity index is 1800. The molecule has 54 heavy (non-hydrogen) atoms. The molecule has 10 heteroatoms. The highest BCUT2D eigenvalue weighted by Gasteiger charge is 2.37. The molecule has 0 spiro atoms. The third kappa shape index (κ3) is 11.5. The highest BCUT2D eigenvalue weighted by Crippen LogP contribution is 2.30. The van der Waals surface area contributed by atoms with E-state index in [2.05, 4.69) is 48.3 Å². The molecule has 0 radical (unpaired) electrons. The monoisotopic (exact) mass is 752 g/mol. The summed E-state index contributed by atoms with van der Waals surface area (Å²) in [6.45, 7) is 11.7. The van der Waals surface area contributed by atoms with Crippen molar-refractivity contribution in [2.75, 3.05) is 13.2 Å². The highest BCUT2D eigenvalue weighted by molar-refractivity contribution is 7.14. The number of rotatable bonds is 19. The van der Waals surface area contributed by atoms with Gasteiger partial charge in [-0.05, 0) is 72.9 Å². The van der Waals surface area contributed by atoms with Crippen LogP contribution in [-0.4, -0.2) is 59.0 Å². The number of hydrogen-bond acceptors (Lipinski definition) is 9. The molecule has 9 nitrogen and oxygen atoms in total. The van der Waals surface area contributed by atoms with Crippen LogP contribution in [-0.2, 0) is 26.2 Å². The van der Waals surface area contributed by atoms with E-state index in [1.807, 2.05) is 80.0 Å². The van der Waals surface area contributed by atoms with Gasteiger partial charge in [0, 0.05) is 28.4 Å². The first kappa shape index (κ1) is 40.8. The average Bonchev–Trinajstić information content (AvgIpc) is 3.89. The zero-order valence-corrected chi connectivity index (χ0v) is 33.3. The Kier molecular flexibility index (Phi) is 14.9. The molecular weight excluding hydrogens is 697 g/mol. The molecule has 1 amide bonds. The molecule has 2 N–H and O–H groups in total. The van der Waals surface area contributed by atoms with Gasteiger partial charge < -0.3 is 14.8 Å². The second-order valence-corrected chi connectivity index (χ2v) is 16.3. The number of amides is 1. The first-order valence-corrected chi connectivity index (χ1v) is 20.4. The van der Waals surface area contributed by atoms with Crippen LogP contribution >= 0.6 is 11.3 Å². The minimum atomic E-state index is -0.797. The van der Waals surface area contributed by atoms with Crippen LogP contribution in [0.4, 0.5) is 0 Å². The maximum atomic E-state index is 14.0. The van der Waals surface area contributed by atoms with Crippen molar-refractivity contribution < 1.29 is 23.9 Å². The standard InChI is InChI=1S/C44H56N4O5S/c1-6-8-10-11-12-26-52-34-19-17-31(18-20-34)33-28-45-41(46-29-33)32-15-13-30(14-16-32)27-37(48-42(50)38-23-24-39(54-38)44(3,4)5)40(49)35-21-22-36(47-35)43(51)53-25-9-7-2/h13-20,23-24,28-29,35-37,47H,6-12,21-22,25-27H2,1-5H3,(H,48,50). The van der Waals surface area contributed by atoms with Crippen LogP contribution in [0.3, 0.4) is 0 Å². The molecule has 5 rings (SSSR count). The number of Topliss-reactive ketones (excluding diaryl/α,β-unsaturated/α-hetero) is 1. The van der Waals surface area contributed by atoms with E-state index in [1.165, 1.54) is 37.0 Å². The Labute approximate surface area is 324 Å². The van der Waals surface area contributed by atoms with Gasteiger partial charge in [0.15, 0.2) is 11.6 Å². The number of unbranched alkanes of at least 4 members (excludes halogenated alkanes) is 5. The lowest BCUT2D eigenvalue weighted by atomic mass is 9.95. The van der Waals surface area contributed by atoms with Gasteiger partial charge in [-0.3, -0.25) is 19.7 Å². The largest absolute Gasteiger partial charge is 0.494 e. The van der Waals surface area contributed by atoms with Crippen molar-refractivity contribution >= 4 is 29.0 Å². The second kappa shape index (κ2) is 19.8. The number of benzene rings is 2. The molecule has 0 saturated carbocycles. The van der Waals surface area contributed by atoms with Crippen LogP contribution in [0.25, 0.3) is 22.5 Å². The molecule has 4 aromatic rings. The summed E-state index contributed by atoms with van der Waals surface area (Å²) in [5, 5.41) is 6.22. The van der Waals surface area contributed by atoms with Crippen LogP contribution in [0, 0.1) is 0 Å². The third-order valence-corrected chi connectivity index (χ3v) is 11.3. The SMILES string of the molecule is CCCCCCCOc1ccc(-c2cnc(-c3ccc(CC(NC(=O)c4ccc(C(C)(C)C)s4)C(=O)C4CCC(C(=O)OCCCC)N4)cc3)nc2)cc1. The van der Waals surface area contributed by atoms with Crippen molar-refractivity contribution in [3.05, 3.63) is 88.4 Å². The van der Waals surface area contributed by atoms with Crippen molar-refractivity contribution in [2.24, 2.45) is 0 Å². The number of ether oxygens (including phenoxy) is 2. The maximum Gasteiger partial charge on any atom is 0.323 e. The highest BCUT2D eigenvalue weighted by atomic mass is 32.1. The molecule has 2 aromatic carbocycles. The molecule has 1 aliphatic heterocycles. The van der Waals surface area contributed by atoms with Gasteiger partial charge in [-0.2, -0.15) is 0 Å². The fourth-order valence-corrected chi connectivity index (χ4v) is 7.39. The van der Waals surface area contributed by atoms with Crippen LogP contribution in [0.1, 0.15) is 113 Å². The number of nitrogens with zero attached hydrogens (tertiary/aromatic N) is 2. The molecule has 3 unspecified atom stereocenters. The van der Waals surface area contributed by atoms with E-state index in [1.54, 1.807) is 0 Å². The molecule has 1 saturated heterocycles. The van der Waals surface area contributed by atoms with Crippen molar-refractivity contribution in [1.29, 1.82) is 0 Å². The molecule has 3 atom stereocenters. The van der Waals surface area contributed by atoms with Crippen LogP contribution in [0.15, 0.2) is 73.1 Å².